The van der Waals surface area contributed by atoms with Crippen LogP contribution in [0.3, 0.4) is 0 Å². The van der Waals surface area contributed by atoms with Gasteiger partial charge in [0.2, 0.25) is 15.9 Å². The zero-order valence-corrected chi connectivity index (χ0v) is 12.6. The van der Waals surface area contributed by atoms with Crippen molar-refractivity contribution in [2.45, 2.75) is 13.0 Å². The number of sulfonamides is 1. The van der Waals surface area contributed by atoms with Crippen molar-refractivity contribution in [3.05, 3.63) is 0 Å². The van der Waals surface area contributed by atoms with Crippen LogP contribution in [0.1, 0.15) is 6.92 Å². The number of likely N-dealkylation sites (N-methyl/N-ethyl adjacent to an activating group) is 1. The van der Waals surface area contributed by atoms with Crippen LogP contribution in [0.4, 0.5) is 0 Å². The maximum Gasteiger partial charge on any atom is 0.235 e. The highest BCUT2D eigenvalue weighted by atomic mass is 32.2. The molecule has 0 aliphatic carbocycles. The van der Waals surface area contributed by atoms with Crippen LogP contribution in [0.2, 0.25) is 0 Å². The third-order valence-corrected chi connectivity index (χ3v) is 4.24. The highest BCUT2D eigenvalue weighted by Gasteiger charge is 2.18. The van der Waals surface area contributed by atoms with Gasteiger partial charge in [-0.2, -0.15) is 4.31 Å². The summed E-state index contributed by atoms with van der Waals surface area (Å²) in [5.74, 6) is -0.284. The van der Waals surface area contributed by atoms with E-state index in [0.29, 0.717) is 0 Å². The van der Waals surface area contributed by atoms with Crippen molar-refractivity contribution in [1.29, 1.82) is 0 Å². The second-order valence-electron chi connectivity index (χ2n) is 4.90. The molecule has 7 nitrogen and oxygen atoms in total. The summed E-state index contributed by atoms with van der Waals surface area (Å²) in [4.78, 5) is 13.9. The minimum atomic E-state index is -3.32. The van der Waals surface area contributed by atoms with Gasteiger partial charge in [0.25, 0.3) is 0 Å². The molecule has 1 N–H and O–H groups in total. The Labute approximate surface area is 114 Å². The maximum atomic E-state index is 11.7. The van der Waals surface area contributed by atoms with Crippen LogP contribution < -0.4 is 5.32 Å². The molecule has 1 aliphatic rings. The smallest absolute Gasteiger partial charge is 0.235 e. The first-order chi connectivity index (χ1) is 8.79. The molecule has 1 fully saturated rings. The Kier molecular flexibility index (Phi) is 6.18. The molecule has 1 heterocycles. The number of nitrogens with one attached hydrogen (secondary N) is 1. The van der Waals surface area contributed by atoms with E-state index >= 15 is 0 Å². The average Bonchev–Trinajstić information content (AvgIpc) is 2.28. The molecular weight excluding hydrogens is 270 g/mol. The van der Waals surface area contributed by atoms with Gasteiger partial charge in [0.15, 0.2) is 0 Å². The summed E-state index contributed by atoms with van der Waals surface area (Å²) < 4.78 is 28.7. The second kappa shape index (κ2) is 7.18. The summed E-state index contributed by atoms with van der Waals surface area (Å²) in [5, 5.41) is 2.80. The summed E-state index contributed by atoms with van der Waals surface area (Å²) >= 11 is 0. The monoisotopic (exact) mass is 293 g/mol. The number of amides is 1. The van der Waals surface area contributed by atoms with E-state index in [4.69, 9.17) is 4.74 Å². The van der Waals surface area contributed by atoms with Gasteiger partial charge in [-0.05, 0) is 6.92 Å². The van der Waals surface area contributed by atoms with Crippen molar-refractivity contribution in [3.8, 4) is 0 Å². The van der Waals surface area contributed by atoms with Crippen LogP contribution in [-0.2, 0) is 19.6 Å². The lowest BCUT2D eigenvalue weighted by molar-refractivity contribution is -0.121. The first-order valence-electron chi connectivity index (χ1n) is 6.30. The topological polar surface area (TPSA) is 79.0 Å². The first-order valence-corrected chi connectivity index (χ1v) is 8.14. The molecule has 1 rings (SSSR count). The van der Waals surface area contributed by atoms with Crippen LogP contribution >= 0.6 is 0 Å². The Hall–Kier alpha value is -0.700. The number of rotatable bonds is 6. The molecule has 0 saturated carbocycles. The van der Waals surface area contributed by atoms with Gasteiger partial charge < -0.3 is 10.1 Å². The molecule has 0 aromatic carbocycles. The molecule has 1 aliphatic heterocycles. The lowest BCUT2D eigenvalue weighted by atomic mass is 10.3. The van der Waals surface area contributed by atoms with E-state index in [0.717, 1.165) is 43.4 Å². The van der Waals surface area contributed by atoms with Crippen molar-refractivity contribution in [1.82, 2.24) is 14.5 Å². The van der Waals surface area contributed by atoms with E-state index in [1.165, 1.54) is 7.05 Å². The molecule has 112 valence electrons. The van der Waals surface area contributed by atoms with Crippen molar-refractivity contribution in [3.63, 3.8) is 0 Å². The van der Waals surface area contributed by atoms with Crippen molar-refractivity contribution >= 4 is 15.9 Å². The van der Waals surface area contributed by atoms with Gasteiger partial charge in [0.05, 0.1) is 26.0 Å². The van der Waals surface area contributed by atoms with Gasteiger partial charge in [-0.15, -0.1) is 0 Å². The van der Waals surface area contributed by atoms with Crippen LogP contribution in [0, 0.1) is 0 Å². The summed E-state index contributed by atoms with van der Waals surface area (Å²) in [6.45, 7) is 5.68. The van der Waals surface area contributed by atoms with E-state index in [1.807, 2.05) is 6.92 Å². The van der Waals surface area contributed by atoms with Gasteiger partial charge in [0, 0.05) is 32.7 Å². The summed E-state index contributed by atoms with van der Waals surface area (Å²) in [7, 11) is -1.92. The fourth-order valence-corrected chi connectivity index (χ4v) is 2.21. The average molecular weight is 293 g/mol. The molecule has 0 bridgehead atoms. The highest BCUT2D eigenvalue weighted by molar-refractivity contribution is 7.88. The third kappa shape index (κ3) is 6.33. The van der Waals surface area contributed by atoms with E-state index < -0.39 is 10.0 Å². The van der Waals surface area contributed by atoms with E-state index in [9.17, 15) is 13.2 Å². The Bertz CT molecular complexity index is 393. The fourth-order valence-electron chi connectivity index (χ4n) is 1.86. The summed E-state index contributed by atoms with van der Waals surface area (Å²) in [6.07, 6.45) is 1.08. The van der Waals surface area contributed by atoms with Gasteiger partial charge in [-0.3, -0.25) is 9.69 Å². The molecule has 0 spiro atoms. The zero-order chi connectivity index (χ0) is 14.5. The van der Waals surface area contributed by atoms with Crippen molar-refractivity contribution in [2.75, 3.05) is 52.7 Å². The Morgan fingerprint density at radius 2 is 2.00 bits per heavy atom. The predicted octanol–water partition coefficient (Wildman–Crippen LogP) is -1.29. The number of carbonyl (C=O) groups excluding carboxylic acids is 1. The highest BCUT2D eigenvalue weighted by Crippen LogP contribution is 1.99. The quantitative estimate of drug-likeness (QED) is 0.659. The first kappa shape index (κ1) is 16.4. The molecule has 8 heteroatoms. The van der Waals surface area contributed by atoms with Crippen LogP contribution in [-0.4, -0.2) is 82.3 Å². The number of nitrogens with zero attached hydrogens (tertiary/aromatic N) is 2. The molecule has 1 atom stereocenters. The number of ether oxygens (including phenoxy) is 1. The lowest BCUT2D eigenvalue weighted by Gasteiger charge is -2.29. The molecule has 19 heavy (non-hydrogen) atoms. The van der Waals surface area contributed by atoms with E-state index in [-0.39, 0.29) is 18.5 Å². The minimum Gasteiger partial charge on any atom is -0.379 e. The molecule has 0 aromatic heterocycles. The molecular formula is C11H23N3O4S. The Morgan fingerprint density at radius 1 is 1.42 bits per heavy atom. The number of morpholine rings is 1. The standard InChI is InChI=1S/C11H23N3O4S/c1-10(8-14-4-6-18-7-5-14)12-11(15)9-13(2)19(3,16)17/h10H,4-9H2,1-3H3,(H,12,15)/t10-/m0/s1. The van der Waals surface area contributed by atoms with Crippen LogP contribution in [0.5, 0.6) is 0 Å². The van der Waals surface area contributed by atoms with Gasteiger partial charge in [-0.1, -0.05) is 0 Å². The van der Waals surface area contributed by atoms with Crippen molar-refractivity contribution in [2.24, 2.45) is 0 Å². The molecule has 1 amide bonds. The molecule has 0 aromatic rings. The third-order valence-electron chi connectivity index (χ3n) is 2.98. The van der Waals surface area contributed by atoms with Gasteiger partial charge in [-0.25, -0.2) is 8.42 Å². The van der Waals surface area contributed by atoms with E-state index in [1.54, 1.807) is 0 Å². The van der Waals surface area contributed by atoms with Crippen molar-refractivity contribution < 1.29 is 17.9 Å². The predicted molar refractivity (Wildman–Crippen MR) is 72.3 cm³/mol. The second-order valence-corrected chi connectivity index (χ2v) is 6.99. The van der Waals surface area contributed by atoms with E-state index in [2.05, 4.69) is 10.2 Å². The fraction of sp³-hybridized carbons (Fsp3) is 0.909. The Morgan fingerprint density at radius 3 is 2.53 bits per heavy atom. The van der Waals surface area contributed by atoms with Gasteiger partial charge in [0.1, 0.15) is 0 Å². The summed E-state index contributed by atoms with van der Waals surface area (Å²) in [6, 6.07) is -0.0152. The summed E-state index contributed by atoms with van der Waals surface area (Å²) in [5.41, 5.74) is 0. The number of hydrogen-bond acceptors (Lipinski definition) is 5. The molecule has 1 saturated heterocycles. The molecule has 0 unspecified atom stereocenters. The maximum absolute atomic E-state index is 11.7. The lowest BCUT2D eigenvalue weighted by Crippen LogP contribution is -2.48. The SMILES string of the molecule is C[C@@H](CN1CCOCC1)NC(=O)CN(C)S(C)(=O)=O. The minimum absolute atomic E-state index is 0.0152. The zero-order valence-electron chi connectivity index (χ0n) is 11.8. The van der Waals surface area contributed by atoms with Gasteiger partial charge >= 0.3 is 0 Å². The largest absolute Gasteiger partial charge is 0.379 e. The number of carbonyl (C=O) groups is 1. The Balaban J connectivity index is 2.31. The van der Waals surface area contributed by atoms with Crippen LogP contribution in [0.25, 0.3) is 0 Å². The normalized spacial score (nSPS) is 19.4. The molecule has 0 radical (unpaired) electrons. The van der Waals surface area contributed by atoms with Crippen LogP contribution in [0.15, 0.2) is 0 Å². The number of hydrogen-bond donors (Lipinski definition) is 1.